The Bertz CT molecular complexity index is 564. The summed E-state index contributed by atoms with van der Waals surface area (Å²) in [5, 5.41) is 4.69. The number of thiazole rings is 1. The Hall–Kier alpha value is -1.33. The lowest BCUT2D eigenvalue weighted by atomic mass is 10.1. The highest BCUT2D eigenvalue weighted by molar-refractivity contribution is 7.11. The van der Waals surface area contributed by atoms with Gasteiger partial charge in [0, 0.05) is 29.4 Å². The van der Waals surface area contributed by atoms with E-state index in [1.807, 2.05) is 13.8 Å². The van der Waals surface area contributed by atoms with Gasteiger partial charge in [-0.1, -0.05) is 0 Å². The van der Waals surface area contributed by atoms with Gasteiger partial charge in [0.2, 0.25) is 0 Å². The first-order valence-corrected chi connectivity index (χ1v) is 7.28. The van der Waals surface area contributed by atoms with E-state index in [4.69, 9.17) is 0 Å². The van der Waals surface area contributed by atoms with Crippen LogP contribution < -0.4 is 5.32 Å². The highest BCUT2D eigenvalue weighted by Crippen LogP contribution is 2.26. The van der Waals surface area contributed by atoms with Crippen LogP contribution in [0.1, 0.15) is 52.9 Å². The van der Waals surface area contributed by atoms with Crippen molar-refractivity contribution in [1.29, 1.82) is 0 Å². The van der Waals surface area contributed by atoms with Crippen LogP contribution in [0.3, 0.4) is 0 Å². The predicted molar refractivity (Wildman–Crippen MR) is 78.3 cm³/mol. The van der Waals surface area contributed by atoms with Crippen molar-refractivity contribution in [1.82, 2.24) is 20.3 Å². The molecule has 19 heavy (non-hydrogen) atoms. The van der Waals surface area contributed by atoms with E-state index in [2.05, 4.69) is 41.0 Å². The van der Waals surface area contributed by atoms with Crippen LogP contribution in [0.5, 0.6) is 0 Å². The summed E-state index contributed by atoms with van der Waals surface area (Å²) < 4.78 is 0. The molecular formula is C14H20N4S. The Morgan fingerprint density at radius 3 is 2.26 bits per heavy atom. The fourth-order valence-electron chi connectivity index (χ4n) is 2.32. The van der Waals surface area contributed by atoms with Crippen molar-refractivity contribution in [2.45, 2.75) is 46.7 Å². The molecule has 0 amide bonds. The third kappa shape index (κ3) is 3.16. The average Bonchev–Trinajstić information content (AvgIpc) is 2.69. The minimum absolute atomic E-state index is 0.172. The largest absolute Gasteiger partial charge is 0.301 e. The lowest BCUT2D eigenvalue weighted by Crippen LogP contribution is -2.24. The van der Waals surface area contributed by atoms with Crippen LogP contribution in [0.15, 0.2) is 12.4 Å². The number of hydrogen-bond donors (Lipinski definition) is 1. The summed E-state index contributed by atoms with van der Waals surface area (Å²) in [7, 11) is 0. The molecule has 5 heteroatoms. The first-order valence-electron chi connectivity index (χ1n) is 6.46. The third-order valence-electron chi connectivity index (χ3n) is 3.16. The summed E-state index contributed by atoms with van der Waals surface area (Å²) in [5.74, 6) is 0. The van der Waals surface area contributed by atoms with Crippen molar-refractivity contribution in [3.05, 3.63) is 39.4 Å². The van der Waals surface area contributed by atoms with Crippen LogP contribution >= 0.6 is 11.3 Å². The maximum absolute atomic E-state index is 4.48. The summed E-state index contributed by atoms with van der Waals surface area (Å²) >= 11 is 1.75. The fraction of sp³-hybridized carbons (Fsp3) is 0.500. The van der Waals surface area contributed by atoms with Gasteiger partial charge in [-0.2, -0.15) is 0 Å². The normalized spacial score (nSPS) is 14.4. The van der Waals surface area contributed by atoms with Gasteiger partial charge in [0.1, 0.15) is 0 Å². The highest BCUT2D eigenvalue weighted by atomic mass is 32.1. The molecule has 2 unspecified atom stereocenters. The van der Waals surface area contributed by atoms with Gasteiger partial charge in [0.25, 0.3) is 0 Å². The Morgan fingerprint density at radius 2 is 1.68 bits per heavy atom. The maximum atomic E-state index is 4.48. The van der Waals surface area contributed by atoms with Gasteiger partial charge < -0.3 is 5.32 Å². The van der Waals surface area contributed by atoms with Crippen molar-refractivity contribution in [2.24, 2.45) is 0 Å². The summed E-state index contributed by atoms with van der Waals surface area (Å²) in [4.78, 5) is 14.5. The minimum atomic E-state index is 0.172. The number of hydrogen-bond acceptors (Lipinski definition) is 5. The molecule has 0 spiro atoms. The van der Waals surface area contributed by atoms with Crippen molar-refractivity contribution in [3.8, 4) is 0 Å². The first-order chi connectivity index (χ1) is 8.99. The summed E-state index contributed by atoms with van der Waals surface area (Å²) in [6.07, 6.45) is 3.47. The number of rotatable bonds is 4. The van der Waals surface area contributed by atoms with E-state index >= 15 is 0 Å². The summed E-state index contributed by atoms with van der Waals surface area (Å²) in [5.41, 5.74) is 3.10. The molecule has 2 atom stereocenters. The van der Waals surface area contributed by atoms with Gasteiger partial charge in [-0.05, 0) is 34.6 Å². The van der Waals surface area contributed by atoms with Crippen LogP contribution in [0.4, 0.5) is 0 Å². The predicted octanol–water partition coefficient (Wildman–Crippen LogP) is 3.27. The number of aromatic nitrogens is 3. The maximum Gasteiger partial charge on any atom is 0.0900 e. The quantitative estimate of drug-likeness (QED) is 0.931. The van der Waals surface area contributed by atoms with Gasteiger partial charge in [-0.3, -0.25) is 9.97 Å². The van der Waals surface area contributed by atoms with E-state index in [1.165, 1.54) is 4.88 Å². The van der Waals surface area contributed by atoms with E-state index in [1.54, 1.807) is 23.7 Å². The van der Waals surface area contributed by atoms with E-state index < -0.39 is 0 Å². The van der Waals surface area contributed by atoms with Crippen molar-refractivity contribution in [3.63, 3.8) is 0 Å². The molecule has 2 rings (SSSR count). The Labute approximate surface area is 118 Å². The van der Waals surface area contributed by atoms with Gasteiger partial charge >= 0.3 is 0 Å². The Morgan fingerprint density at radius 1 is 1.00 bits per heavy atom. The van der Waals surface area contributed by atoms with E-state index in [0.29, 0.717) is 0 Å². The molecule has 0 aliphatic heterocycles. The molecule has 0 fully saturated rings. The van der Waals surface area contributed by atoms with Gasteiger partial charge in [-0.25, -0.2) is 4.98 Å². The zero-order valence-corrected chi connectivity index (χ0v) is 12.9. The van der Waals surface area contributed by atoms with Crippen LogP contribution in [0.2, 0.25) is 0 Å². The zero-order chi connectivity index (χ0) is 14.0. The van der Waals surface area contributed by atoms with Crippen LogP contribution in [0, 0.1) is 20.8 Å². The number of nitrogens with zero attached hydrogens (tertiary/aromatic N) is 3. The van der Waals surface area contributed by atoms with Crippen LogP contribution in [-0.4, -0.2) is 15.0 Å². The molecule has 0 saturated carbocycles. The van der Waals surface area contributed by atoms with Crippen molar-refractivity contribution >= 4 is 11.3 Å². The van der Waals surface area contributed by atoms with Crippen LogP contribution in [-0.2, 0) is 0 Å². The Balaban J connectivity index is 2.13. The standard InChI is InChI=1S/C14H20N4S/c1-8-13(16-7-6-15-8)9(2)17-10(3)14-11(4)18-12(5)19-14/h6-7,9-10,17H,1-5H3. The molecule has 2 aromatic heterocycles. The lowest BCUT2D eigenvalue weighted by molar-refractivity contribution is 0.486. The molecule has 0 saturated heterocycles. The second-order valence-electron chi connectivity index (χ2n) is 4.82. The van der Waals surface area contributed by atoms with E-state index in [0.717, 1.165) is 22.1 Å². The fourth-order valence-corrected chi connectivity index (χ4v) is 3.26. The molecule has 0 aromatic carbocycles. The molecule has 0 aliphatic rings. The van der Waals surface area contributed by atoms with Crippen LogP contribution in [0.25, 0.3) is 0 Å². The zero-order valence-electron chi connectivity index (χ0n) is 12.1. The third-order valence-corrected chi connectivity index (χ3v) is 4.42. The lowest BCUT2D eigenvalue weighted by Gasteiger charge is -2.20. The molecule has 2 aromatic rings. The number of nitrogens with one attached hydrogen (secondary N) is 1. The monoisotopic (exact) mass is 276 g/mol. The minimum Gasteiger partial charge on any atom is -0.301 e. The van der Waals surface area contributed by atoms with Crippen molar-refractivity contribution < 1.29 is 0 Å². The first kappa shape index (κ1) is 14.1. The van der Waals surface area contributed by atoms with Gasteiger partial charge in [0.15, 0.2) is 0 Å². The highest BCUT2D eigenvalue weighted by Gasteiger charge is 2.17. The SMILES string of the molecule is Cc1nc(C)c(C(C)NC(C)c2nccnc2C)s1. The summed E-state index contributed by atoms with van der Waals surface area (Å²) in [6.45, 7) is 10.4. The molecular weight excluding hydrogens is 256 g/mol. The van der Waals surface area contributed by atoms with E-state index in [9.17, 15) is 0 Å². The second-order valence-corrected chi connectivity index (χ2v) is 6.05. The average molecular weight is 276 g/mol. The summed E-state index contributed by atoms with van der Waals surface area (Å²) in [6, 6.07) is 0.438. The topological polar surface area (TPSA) is 50.7 Å². The molecule has 102 valence electrons. The van der Waals surface area contributed by atoms with Gasteiger partial charge in [-0.15, -0.1) is 11.3 Å². The number of aryl methyl sites for hydroxylation is 3. The second kappa shape index (κ2) is 5.75. The van der Waals surface area contributed by atoms with Gasteiger partial charge in [0.05, 0.1) is 22.1 Å². The molecule has 1 N–H and O–H groups in total. The smallest absolute Gasteiger partial charge is 0.0900 e. The molecule has 0 bridgehead atoms. The molecule has 2 heterocycles. The molecule has 0 radical (unpaired) electrons. The molecule has 0 aliphatic carbocycles. The Kier molecular flexibility index (Phi) is 4.27. The molecule has 4 nitrogen and oxygen atoms in total. The van der Waals surface area contributed by atoms with Crippen molar-refractivity contribution in [2.75, 3.05) is 0 Å². The van der Waals surface area contributed by atoms with E-state index in [-0.39, 0.29) is 12.1 Å².